The highest BCUT2D eigenvalue weighted by atomic mass is 19.1. The Morgan fingerprint density at radius 2 is 1.93 bits per heavy atom. The Hall–Kier alpha value is -2.84. The molecule has 0 amide bonds. The number of halogens is 2. The molecule has 1 aromatic heterocycles. The summed E-state index contributed by atoms with van der Waals surface area (Å²) in [6, 6.07) is 3.57. The summed E-state index contributed by atoms with van der Waals surface area (Å²) in [4.78, 5) is 14.7. The van der Waals surface area contributed by atoms with Crippen LogP contribution in [0, 0.1) is 11.6 Å². The number of benzene rings is 1. The number of anilines is 2. The van der Waals surface area contributed by atoms with Gasteiger partial charge in [0.15, 0.2) is 5.96 Å². The fourth-order valence-electron chi connectivity index (χ4n) is 3.40. The van der Waals surface area contributed by atoms with Crippen LogP contribution in [-0.2, 0) is 13.6 Å². The van der Waals surface area contributed by atoms with E-state index in [4.69, 9.17) is 0 Å². The molecule has 1 fully saturated rings. The lowest BCUT2D eigenvalue weighted by Crippen LogP contribution is -2.52. The highest BCUT2D eigenvalue weighted by Gasteiger charge is 2.22. The van der Waals surface area contributed by atoms with Crippen LogP contribution in [0.25, 0.3) is 0 Å². The van der Waals surface area contributed by atoms with Crippen molar-refractivity contribution in [2.45, 2.75) is 6.54 Å². The Balaban J connectivity index is 1.59. The zero-order valence-corrected chi connectivity index (χ0v) is 16.8. The van der Waals surface area contributed by atoms with Crippen molar-refractivity contribution in [2.24, 2.45) is 12.0 Å². The molecule has 1 aliphatic heterocycles. The highest BCUT2D eigenvalue weighted by Crippen LogP contribution is 2.22. The molecular weight excluding hydrogens is 364 g/mol. The van der Waals surface area contributed by atoms with E-state index in [2.05, 4.69) is 20.2 Å². The van der Waals surface area contributed by atoms with E-state index < -0.39 is 11.6 Å². The maximum Gasteiger partial charge on any atom is 0.204 e. The van der Waals surface area contributed by atoms with Crippen LogP contribution in [0.4, 0.5) is 20.4 Å². The summed E-state index contributed by atoms with van der Waals surface area (Å²) in [5.74, 6) is 0.847. The zero-order valence-electron chi connectivity index (χ0n) is 16.8. The lowest BCUT2D eigenvalue weighted by atomic mass is 10.2. The molecule has 7 nitrogen and oxygen atoms in total. The number of hydrogen-bond donors (Lipinski definition) is 1. The minimum Gasteiger partial charge on any atom is -0.366 e. The molecule has 152 valence electrons. The Bertz CT molecular complexity index is 839. The smallest absolute Gasteiger partial charge is 0.204 e. The molecule has 0 bridgehead atoms. The van der Waals surface area contributed by atoms with Gasteiger partial charge >= 0.3 is 0 Å². The van der Waals surface area contributed by atoms with Crippen LogP contribution in [-0.4, -0.2) is 67.7 Å². The van der Waals surface area contributed by atoms with Crippen LogP contribution in [0.15, 0.2) is 29.4 Å². The SMILES string of the molecule is CN=C(NCc1cnc(N(C)C)n1C)N1CCN(c2cc(F)ccc2F)CC1. The first kappa shape index (κ1) is 19.9. The molecule has 1 aromatic carbocycles. The summed E-state index contributed by atoms with van der Waals surface area (Å²) in [5, 5.41) is 3.37. The predicted octanol–water partition coefficient (Wildman–Crippen LogP) is 1.66. The minimum absolute atomic E-state index is 0.314. The molecule has 3 rings (SSSR count). The van der Waals surface area contributed by atoms with Crippen molar-refractivity contribution in [1.29, 1.82) is 0 Å². The predicted molar refractivity (Wildman–Crippen MR) is 108 cm³/mol. The summed E-state index contributed by atoms with van der Waals surface area (Å²) in [6.07, 6.45) is 1.85. The van der Waals surface area contributed by atoms with E-state index in [1.165, 1.54) is 12.1 Å². The number of hydrogen-bond acceptors (Lipinski definition) is 4. The quantitative estimate of drug-likeness (QED) is 0.635. The Morgan fingerprint density at radius 3 is 2.54 bits per heavy atom. The van der Waals surface area contributed by atoms with Gasteiger partial charge in [0, 0.05) is 60.4 Å². The fourth-order valence-corrected chi connectivity index (χ4v) is 3.40. The lowest BCUT2D eigenvalue weighted by Gasteiger charge is -2.37. The zero-order chi connectivity index (χ0) is 20.3. The number of nitrogens with zero attached hydrogens (tertiary/aromatic N) is 6. The Kier molecular flexibility index (Phi) is 6.01. The number of piperazine rings is 1. The van der Waals surface area contributed by atoms with Gasteiger partial charge in [-0.05, 0) is 12.1 Å². The Morgan fingerprint density at radius 1 is 1.21 bits per heavy atom. The third-order valence-corrected chi connectivity index (χ3v) is 4.93. The number of rotatable bonds is 4. The second-order valence-electron chi connectivity index (χ2n) is 6.97. The molecule has 9 heteroatoms. The summed E-state index contributed by atoms with van der Waals surface area (Å²) in [7, 11) is 7.64. The molecule has 0 radical (unpaired) electrons. The van der Waals surface area contributed by atoms with Gasteiger partial charge in [0.25, 0.3) is 0 Å². The van der Waals surface area contributed by atoms with E-state index in [0.717, 1.165) is 23.7 Å². The van der Waals surface area contributed by atoms with Gasteiger partial charge in [-0.15, -0.1) is 0 Å². The Labute approximate surface area is 164 Å². The second-order valence-corrected chi connectivity index (χ2v) is 6.97. The largest absolute Gasteiger partial charge is 0.366 e. The number of imidazole rings is 1. The summed E-state index contributed by atoms with van der Waals surface area (Å²) in [5.41, 5.74) is 1.36. The van der Waals surface area contributed by atoms with Gasteiger partial charge in [0.1, 0.15) is 11.6 Å². The van der Waals surface area contributed by atoms with Crippen LogP contribution >= 0.6 is 0 Å². The van der Waals surface area contributed by atoms with E-state index in [9.17, 15) is 8.78 Å². The first-order valence-electron chi connectivity index (χ1n) is 9.24. The van der Waals surface area contributed by atoms with Gasteiger partial charge in [0.05, 0.1) is 24.1 Å². The summed E-state index contributed by atoms with van der Waals surface area (Å²) >= 11 is 0. The molecule has 2 heterocycles. The third kappa shape index (κ3) is 4.18. The van der Waals surface area contributed by atoms with Gasteiger partial charge < -0.3 is 24.6 Å². The normalized spacial score (nSPS) is 15.1. The van der Waals surface area contributed by atoms with Crippen LogP contribution in [0.3, 0.4) is 0 Å². The first-order chi connectivity index (χ1) is 13.4. The molecule has 2 aromatic rings. The molecule has 0 saturated carbocycles. The topological polar surface area (TPSA) is 51.9 Å². The van der Waals surface area contributed by atoms with E-state index in [0.29, 0.717) is 38.4 Å². The highest BCUT2D eigenvalue weighted by molar-refractivity contribution is 5.80. The van der Waals surface area contributed by atoms with Crippen molar-refractivity contribution in [1.82, 2.24) is 19.8 Å². The van der Waals surface area contributed by atoms with Crippen molar-refractivity contribution in [3.63, 3.8) is 0 Å². The summed E-state index contributed by atoms with van der Waals surface area (Å²) in [6.45, 7) is 3.13. The maximum absolute atomic E-state index is 14.0. The van der Waals surface area contributed by atoms with Crippen LogP contribution in [0.1, 0.15) is 5.69 Å². The molecule has 0 spiro atoms. The van der Waals surface area contributed by atoms with Gasteiger partial charge in [-0.1, -0.05) is 0 Å². The number of aromatic nitrogens is 2. The molecule has 1 aliphatic rings. The van der Waals surface area contributed by atoms with Crippen molar-refractivity contribution in [3.05, 3.63) is 41.7 Å². The van der Waals surface area contributed by atoms with E-state index in [1.807, 2.05) is 41.7 Å². The maximum atomic E-state index is 14.0. The van der Waals surface area contributed by atoms with E-state index in [1.54, 1.807) is 7.05 Å². The number of nitrogens with one attached hydrogen (secondary N) is 1. The molecule has 0 aliphatic carbocycles. The van der Waals surface area contributed by atoms with Crippen LogP contribution in [0.2, 0.25) is 0 Å². The molecule has 28 heavy (non-hydrogen) atoms. The average molecular weight is 391 g/mol. The van der Waals surface area contributed by atoms with Crippen LogP contribution < -0.4 is 15.1 Å². The average Bonchev–Trinajstić information content (AvgIpc) is 3.05. The minimum atomic E-state index is -0.426. The van der Waals surface area contributed by atoms with Crippen molar-refractivity contribution >= 4 is 17.6 Å². The fraction of sp³-hybridized carbons (Fsp3) is 0.474. The van der Waals surface area contributed by atoms with E-state index in [-0.39, 0.29) is 0 Å². The second kappa shape index (κ2) is 8.45. The molecule has 0 atom stereocenters. The van der Waals surface area contributed by atoms with Gasteiger partial charge in [-0.25, -0.2) is 13.8 Å². The first-order valence-corrected chi connectivity index (χ1v) is 9.24. The van der Waals surface area contributed by atoms with Crippen LogP contribution in [0.5, 0.6) is 0 Å². The van der Waals surface area contributed by atoms with Gasteiger partial charge in [-0.2, -0.15) is 0 Å². The molecule has 1 saturated heterocycles. The van der Waals surface area contributed by atoms with Crippen molar-refractivity contribution < 1.29 is 8.78 Å². The van der Waals surface area contributed by atoms with E-state index >= 15 is 0 Å². The van der Waals surface area contributed by atoms with Crippen molar-refractivity contribution in [3.8, 4) is 0 Å². The monoisotopic (exact) mass is 391 g/mol. The summed E-state index contributed by atoms with van der Waals surface area (Å²) < 4.78 is 29.5. The standard InChI is InChI=1S/C19H27F2N7/c1-22-18(23-12-15-13-24-19(25(2)3)26(15)4)28-9-7-27(8-10-28)17-11-14(20)5-6-16(17)21/h5-6,11,13H,7-10,12H2,1-4H3,(H,22,23). The molecular formula is C19H27F2N7. The molecule has 1 N–H and O–H groups in total. The van der Waals surface area contributed by atoms with Gasteiger partial charge in [0.2, 0.25) is 5.95 Å². The third-order valence-electron chi connectivity index (χ3n) is 4.93. The van der Waals surface area contributed by atoms with Gasteiger partial charge in [-0.3, -0.25) is 4.99 Å². The molecule has 0 unspecified atom stereocenters. The lowest BCUT2D eigenvalue weighted by molar-refractivity contribution is 0.370. The van der Waals surface area contributed by atoms with Crippen molar-refractivity contribution in [2.75, 3.05) is 57.1 Å². The number of guanidine groups is 1. The number of aliphatic imine (C=N–C) groups is 1.